The van der Waals surface area contributed by atoms with Gasteiger partial charge in [0.25, 0.3) is 11.6 Å². The number of aromatic nitrogens is 3. The van der Waals surface area contributed by atoms with E-state index in [1.54, 1.807) is 28.6 Å². The number of amides is 1. The number of hydrogen-bond donors (Lipinski definition) is 1. The lowest BCUT2D eigenvalue weighted by Crippen LogP contribution is -2.40. The van der Waals surface area contributed by atoms with Gasteiger partial charge in [-0.3, -0.25) is 14.9 Å². The smallest absolute Gasteiger partial charge is 0.284 e. The zero-order valence-corrected chi connectivity index (χ0v) is 16.1. The molecule has 1 aromatic heterocycles. The Balaban J connectivity index is 1.77. The van der Waals surface area contributed by atoms with Crippen LogP contribution in [0.3, 0.4) is 0 Å². The van der Waals surface area contributed by atoms with Crippen molar-refractivity contribution in [2.75, 3.05) is 26.7 Å². The van der Waals surface area contributed by atoms with Crippen LogP contribution < -0.4 is 5.32 Å². The van der Waals surface area contributed by atoms with Crippen molar-refractivity contribution in [3.63, 3.8) is 0 Å². The fraction of sp³-hybridized carbons (Fsp3) is 0.471. The lowest BCUT2D eigenvalue weighted by Gasteiger charge is -2.32. The number of carbonyl (C=O) groups excluding carboxylic acids is 1. The summed E-state index contributed by atoms with van der Waals surface area (Å²) in [6.45, 7) is 2.30. The molecule has 0 spiro atoms. The third-order valence-electron chi connectivity index (χ3n) is 4.67. The Morgan fingerprint density at radius 1 is 1.41 bits per heavy atom. The molecular formula is C17H22N6O3S. The van der Waals surface area contributed by atoms with Crippen molar-refractivity contribution >= 4 is 23.4 Å². The highest BCUT2D eigenvalue weighted by atomic mass is 32.2. The molecule has 0 radical (unpaired) electrons. The van der Waals surface area contributed by atoms with Gasteiger partial charge in [-0.2, -0.15) is 0 Å². The largest absolute Gasteiger partial charge is 0.339 e. The standard InChI is InChI=1S/C17H22N6O3S/c1-18-10-12-5-7-22(8-6-12)16(24)13-3-4-15(14(9-13)23(25)26)27-17-20-19-11-21(17)2/h3-4,9,11-12,18H,5-8,10H2,1-2H3. The van der Waals surface area contributed by atoms with Crippen molar-refractivity contribution in [2.24, 2.45) is 13.0 Å². The molecule has 0 unspecified atom stereocenters. The van der Waals surface area contributed by atoms with Crippen LogP contribution >= 0.6 is 11.8 Å². The lowest BCUT2D eigenvalue weighted by atomic mass is 9.96. The zero-order chi connectivity index (χ0) is 19.4. The number of nitro groups is 1. The topological polar surface area (TPSA) is 106 Å². The first-order chi connectivity index (χ1) is 13.0. The number of nitro benzene ring substituents is 1. The Morgan fingerprint density at radius 3 is 2.74 bits per heavy atom. The number of carbonyl (C=O) groups is 1. The maximum absolute atomic E-state index is 12.8. The second-order valence-electron chi connectivity index (χ2n) is 6.56. The van der Waals surface area contributed by atoms with E-state index in [1.807, 2.05) is 7.05 Å². The van der Waals surface area contributed by atoms with Gasteiger partial charge >= 0.3 is 0 Å². The maximum atomic E-state index is 12.8. The van der Waals surface area contributed by atoms with E-state index in [1.165, 1.54) is 12.4 Å². The van der Waals surface area contributed by atoms with Crippen LogP contribution in [0.2, 0.25) is 0 Å². The summed E-state index contributed by atoms with van der Waals surface area (Å²) in [5.41, 5.74) is 0.245. The van der Waals surface area contributed by atoms with Gasteiger partial charge < -0.3 is 14.8 Å². The summed E-state index contributed by atoms with van der Waals surface area (Å²) in [7, 11) is 3.70. The van der Waals surface area contributed by atoms with Gasteiger partial charge in [0, 0.05) is 31.8 Å². The highest BCUT2D eigenvalue weighted by molar-refractivity contribution is 7.99. The summed E-state index contributed by atoms with van der Waals surface area (Å²) < 4.78 is 1.68. The fourth-order valence-electron chi connectivity index (χ4n) is 3.15. The van der Waals surface area contributed by atoms with Crippen molar-refractivity contribution < 1.29 is 9.72 Å². The first-order valence-corrected chi connectivity index (χ1v) is 9.55. The molecule has 2 aromatic rings. The maximum Gasteiger partial charge on any atom is 0.284 e. The van der Waals surface area contributed by atoms with E-state index in [9.17, 15) is 14.9 Å². The summed E-state index contributed by atoms with van der Waals surface area (Å²) in [6, 6.07) is 4.62. The van der Waals surface area contributed by atoms with Gasteiger partial charge in [-0.15, -0.1) is 10.2 Å². The van der Waals surface area contributed by atoms with Crippen molar-refractivity contribution in [2.45, 2.75) is 22.9 Å². The van der Waals surface area contributed by atoms with Crippen molar-refractivity contribution in [1.82, 2.24) is 25.0 Å². The molecule has 27 heavy (non-hydrogen) atoms. The average molecular weight is 390 g/mol. The molecule has 0 saturated carbocycles. The number of aryl methyl sites for hydroxylation is 1. The number of nitrogens with one attached hydrogen (secondary N) is 1. The zero-order valence-electron chi connectivity index (χ0n) is 15.3. The van der Waals surface area contributed by atoms with Crippen LogP contribution in [0.15, 0.2) is 34.6 Å². The van der Waals surface area contributed by atoms with Gasteiger partial charge in [-0.1, -0.05) is 0 Å². The average Bonchev–Trinajstić information content (AvgIpc) is 3.07. The minimum Gasteiger partial charge on any atom is -0.339 e. The van der Waals surface area contributed by atoms with E-state index in [2.05, 4.69) is 15.5 Å². The van der Waals surface area contributed by atoms with E-state index < -0.39 is 4.92 Å². The predicted octanol–water partition coefficient (Wildman–Crippen LogP) is 1.95. The Kier molecular flexibility index (Phi) is 6.07. The first-order valence-electron chi connectivity index (χ1n) is 8.73. The third kappa shape index (κ3) is 4.45. The third-order valence-corrected chi connectivity index (χ3v) is 5.79. The molecule has 1 N–H and O–H groups in total. The molecular weight excluding hydrogens is 368 g/mol. The summed E-state index contributed by atoms with van der Waals surface area (Å²) >= 11 is 1.15. The molecule has 3 rings (SSSR count). The van der Waals surface area contributed by atoms with Crippen molar-refractivity contribution in [3.8, 4) is 0 Å². The quantitative estimate of drug-likeness (QED) is 0.593. The number of rotatable bonds is 6. The summed E-state index contributed by atoms with van der Waals surface area (Å²) in [5.74, 6) is 0.412. The van der Waals surface area contributed by atoms with Gasteiger partial charge in [0.05, 0.1) is 9.82 Å². The monoisotopic (exact) mass is 390 g/mol. The summed E-state index contributed by atoms with van der Waals surface area (Å²) in [6.07, 6.45) is 3.41. The molecule has 0 aliphatic carbocycles. The van der Waals surface area contributed by atoms with Crippen LogP contribution in [0.5, 0.6) is 0 Å². The normalized spacial score (nSPS) is 15.1. The highest BCUT2D eigenvalue weighted by Crippen LogP contribution is 2.34. The van der Waals surface area contributed by atoms with Crippen molar-refractivity contribution in [3.05, 3.63) is 40.2 Å². The molecule has 9 nitrogen and oxygen atoms in total. The number of piperidine rings is 1. The molecule has 1 fully saturated rings. The molecule has 10 heteroatoms. The van der Waals surface area contributed by atoms with Gasteiger partial charge in [0.2, 0.25) is 0 Å². The molecule has 2 heterocycles. The Bertz CT molecular complexity index is 832. The van der Waals surface area contributed by atoms with E-state index in [-0.39, 0.29) is 11.6 Å². The van der Waals surface area contributed by atoms with Gasteiger partial charge in [0.1, 0.15) is 6.33 Å². The lowest BCUT2D eigenvalue weighted by molar-refractivity contribution is -0.387. The molecule has 1 saturated heterocycles. The van der Waals surface area contributed by atoms with Gasteiger partial charge in [-0.25, -0.2) is 0 Å². The molecule has 0 bridgehead atoms. The van der Waals surface area contributed by atoms with Crippen LogP contribution in [0.25, 0.3) is 0 Å². The van der Waals surface area contributed by atoms with Crippen LogP contribution in [-0.2, 0) is 7.05 Å². The highest BCUT2D eigenvalue weighted by Gasteiger charge is 2.26. The molecule has 1 aromatic carbocycles. The Labute approximate surface area is 161 Å². The molecule has 1 amide bonds. The van der Waals surface area contributed by atoms with E-state index in [0.717, 1.165) is 31.1 Å². The predicted molar refractivity (Wildman–Crippen MR) is 101 cm³/mol. The molecule has 0 atom stereocenters. The van der Waals surface area contributed by atoms with Crippen LogP contribution in [-0.4, -0.2) is 57.2 Å². The summed E-state index contributed by atoms with van der Waals surface area (Å²) in [4.78, 5) is 26.0. The number of benzene rings is 1. The van der Waals surface area contributed by atoms with Gasteiger partial charge in [0.15, 0.2) is 5.16 Å². The second-order valence-corrected chi connectivity index (χ2v) is 7.57. The SMILES string of the molecule is CNCC1CCN(C(=O)c2ccc(Sc3nncn3C)c([N+](=O)[O-])c2)CC1. The van der Waals surface area contributed by atoms with E-state index >= 15 is 0 Å². The fourth-order valence-corrected chi connectivity index (χ4v) is 4.00. The first kappa shape index (κ1) is 19.3. The molecule has 1 aliphatic heterocycles. The Hall–Kier alpha value is -2.46. The number of hydrogen-bond acceptors (Lipinski definition) is 7. The van der Waals surface area contributed by atoms with Gasteiger partial charge in [-0.05, 0) is 56.2 Å². The number of likely N-dealkylation sites (tertiary alicyclic amines) is 1. The van der Waals surface area contributed by atoms with Crippen LogP contribution in [0.1, 0.15) is 23.2 Å². The van der Waals surface area contributed by atoms with Crippen LogP contribution in [0, 0.1) is 16.0 Å². The molecule has 1 aliphatic rings. The number of nitrogens with zero attached hydrogens (tertiary/aromatic N) is 5. The van der Waals surface area contributed by atoms with Crippen LogP contribution in [0.4, 0.5) is 5.69 Å². The molecule has 144 valence electrons. The van der Waals surface area contributed by atoms with E-state index in [0.29, 0.717) is 34.6 Å². The van der Waals surface area contributed by atoms with E-state index in [4.69, 9.17) is 0 Å². The van der Waals surface area contributed by atoms with Crippen molar-refractivity contribution in [1.29, 1.82) is 0 Å². The minimum atomic E-state index is -0.464. The Morgan fingerprint density at radius 2 is 2.15 bits per heavy atom. The minimum absolute atomic E-state index is 0.0982. The second kappa shape index (κ2) is 8.49. The summed E-state index contributed by atoms with van der Waals surface area (Å²) in [5, 5.41) is 22.9.